The van der Waals surface area contributed by atoms with Crippen LogP contribution in [-0.2, 0) is 0 Å². The Morgan fingerprint density at radius 1 is 0.325 bits per heavy atom. The summed E-state index contributed by atoms with van der Waals surface area (Å²) in [6.07, 6.45) is 37.6. The van der Waals surface area contributed by atoms with Gasteiger partial charge in [-0.25, -0.2) is 0 Å². The van der Waals surface area contributed by atoms with E-state index in [1.165, 1.54) is 166 Å². The molecular weight excluding hydrogens is 654 g/mol. The predicted molar refractivity (Wildman–Crippen MR) is 203 cm³/mol. The summed E-state index contributed by atoms with van der Waals surface area (Å²) in [5.41, 5.74) is 0. The standard InChI is InChI=1S/2C18H38BrP/c2*1-5-6-7-8-9-10-11-12-13-14-15-16-17-20(19)18(2,3)4/h2*5-17H2,1-4H3. The third-order valence-corrected chi connectivity index (χ3v) is 20.7. The first-order chi connectivity index (χ1) is 19.0. The first-order valence-electron chi connectivity index (χ1n) is 17.8. The predicted octanol–water partition coefficient (Wildman–Crippen LogP) is 16.6. The molecule has 244 valence electrons. The van der Waals surface area contributed by atoms with Gasteiger partial charge < -0.3 is 0 Å². The van der Waals surface area contributed by atoms with Gasteiger partial charge in [0, 0.05) is 0 Å². The number of rotatable bonds is 26. The second kappa shape index (κ2) is 30.8. The first-order valence-corrected chi connectivity index (χ1v) is 24.9. The van der Waals surface area contributed by atoms with E-state index in [0.29, 0.717) is 10.3 Å². The molecule has 0 aromatic heterocycles. The topological polar surface area (TPSA) is 0 Å². The van der Waals surface area contributed by atoms with Crippen LogP contribution in [0.25, 0.3) is 0 Å². The Balaban J connectivity index is 0. The fraction of sp³-hybridized carbons (Fsp3) is 1.00. The molecule has 2 unspecified atom stereocenters. The molecule has 0 N–H and O–H groups in total. The van der Waals surface area contributed by atoms with Crippen molar-refractivity contribution in [1.29, 1.82) is 0 Å². The van der Waals surface area contributed by atoms with Crippen LogP contribution in [0.15, 0.2) is 0 Å². The van der Waals surface area contributed by atoms with Crippen molar-refractivity contribution in [3.05, 3.63) is 0 Å². The molecule has 0 saturated carbocycles. The molecule has 0 fully saturated rings. The van der Waals surface area contributed by atoms with Crippen LogP contribution in [0.3, 0.4) is 0 Å². The molecular formula is C36H76Br2P2. The molecule has 0 heterocycles. The number of hydrogen-bond donors (Lipinski definition) is 0. The zero-order valence-corrected chi connectivity index (χ0v) is 34.0. The molecule has 0 spiro atoms. The Hall–Kier alpha value is 1.82. The van der Waals surface area contributed by atoms with Crippen molar-refractivity contribution < 1.29 is 0 Å². The third-order valence-electron chi connectivity index (χ3n) is 7.87. The van der Waals surface area contributed by atoms with E-state index in [1.807, 2.05) is 0 Å². The van der Waals surface area contributed by atoms with Gasteiger partial charge in [0.15, 0.2) is 0 Å². The SMILES string of the molecule is CCCCCCCCCCCCCCP(Br)C(C)(C)C.CCCCCCCCCCCCCCP(Br)C(C)(C)C. The summed E-state index contributed by atoms with van der Waals surface area (Å²) in [7, 11) is 0. The molecule has 0 radical (unpaired) electrons. The fourth-order valence-corrected chi connectivity index (χ4v) is 8.70. The minimum absolute atomic E-state index is 0.0530. The molecule has 0 nitrogen and oxygen atoms in total. The van der Waals surface area contributed by atoms with Crippen LogP contribution in [0.4, 0.5) is 0 Å². The summed E-state index contributed by atoms with van der Waals surface area (Å²) in [6, 6.07) is 0. The summed E-state index contributed by atoms with van der Waals surface area (Å²) in [5, 5.41) is 0.959. The number of hydrogen-bond acceptors (Lipinski definition) is 0. The van der Waals surface area contributed by atoms with Gasteiger partial charge in [0.05, 0.1) is 0 Å². The lowest BCUT2D eigenvalue weighted by Gasteiger charge is -2.25. The highest BCUT2D eigenvalue weighted by atomic mass is 79.9. The van der Waals surface area contributed by atoms with Crippen LogP contribution in [0, 0.1) is 0 Å². The van der Waals surface area contributed by atoms with Crippen LogP contribution < -0.4 is 0 Å². The molecule has 0 bridgehead atoms. The monoisotopic (exact) mass is 728 g/mol. The van der Waals surface area contributed by atoms with Crippen molar-refractivity contribution in [3.63, 3.8) is 0 Å². The van der Waals surface area contributed by atoms with Crippen LogP contribution >= 0.6 is 44.2 Å². The van der Waals surface area contributed by atoms with E-state index in [1.54, 1.807) is 0 Å². The van der Waals surface area contributed by atoms with Crippen LogP contribution in [0.5, 0.6) is 0 Å². The third kappa shape index (κ3) is 34.3. The minimum Gasteiger partial charge on any atom is -0.0654 e. The Morgan fingerprint density at radius 2 is 0.500 bits per heavy atom. The van der Waals surface area contributed by atoms with Gasteiger partial charge in [-0.05, 0) is 48.7 Å². The van der Waals surface area contributed by atoms with Gasteiger partial charge in [-0.2, -0.15) is 0 Å². The Bertz CT molecular complexity index is 440. The van der Waals surface area contributed by atoms with E-state index in [4.69, 9.17) is 0 Å². The van der Waals surface area contributed by atoms with E-state index < -0.39 is 0 Å². The van der Waals surface area contributed by atoms with E-state index in [-0.39, 0.29) is 13.2 Å². The van der Waals surface area contributed by atoms with E-state index >= 15 is 0 Å². The molecule has 0 amide bonds. The highest BCUT2D eigenvalue weighted by Gasteiger charge is 2.21. The van der Waals surface area contributed by atoms with Gasteiger partial charge >= 0.3 is 0 Å². The Kier molecular flexibility index (Phi) is 33.9. The van der Waals surface area contributed by atoms with Gasteiger partial charge in [0.25, 0.3) is 0 Å². The van der Waals surface area contributed by atoms with Crippen LogP contribution in [-0.4, -0.2) is 22.6 Å². The van der Waals surface area contributed by atoms with E-state index in [2.05, 4.69) is 86.4 Å². The van der Waals surface area contributed by atoms with Crippen LogP contribution in [0.1, 0.15) is 209 Å². The minimum atomic E-state index is 0.0530. The van der Waals surface area contributed by atoms with Crippen LogP contribution in [0.2, 0.25) is 0 Å². The molecule has 0 aromatic carbocycles. The maximum Gasteiger partial charge on any atom is -0.00813 e. The lowest BCUT2D eigenvalue weighted by molar-refractivity contribution is 0.548. The molecule has 0 rings (SSSR count). The average molecular weight is 731 g/mol. The van der Waals surface area contributed by atoms with Crippen molar-refractivity contribution in [1.82, 2.24) is 0 Å². The van der Waals surface area contributed by atoms with E-state index in [9.17, 15) is 0 Å². The Morgan fingerprint density at radius 3 is 0.675 bits per heavy atom. The second-order valence-electron chi connectivity index (χ2n) is 14.3. The molecule has 40 heavy (non-hydrogen) atoms. The molecule has 0 aliphatic heterocycles. The molecule has 4 heteroatoms. The molecule has 0 aliphatic rings. The van der Waals surface area contributed by atoms with Crippen molar-refractivity contribution in [2.75, 3.05) is 12.3 Å². The highest BCUT2D eigenvalue weighted by Crippen LogP contribution is 2.57. The summed E-state index contributed by atoms with van der Waals surface area (Å²) in [4.78, 5) is 0. The fourth-order valence-electron chi connectivity index (χ4n) is 4.85. The van der Waals surface area contributed by atoms with Gasteiger partial charge in [-0.1, -0.05) is 228 Å². The Labute approximate surface area is 274 Å². The van der Waals surface area contributed by atoms with E-state index in [0.717, 1.165) is 0 Å². The summed E-state index contributed by atoms with van der Waals surface area (Å²) >= 11 is 7.78. The lowest BCUT2D eigenvalue weighted by Crippen LogP contribution is -2.09. The number of unbranched alkanes of at least 4 members (excludes halogenated alkanes) is 22. The largest absolute Gasteiger partial charge is 0.0654 e. The lowest BCUT2D eigenvalue weighted by atomic mass is 10.1. The van der Waals surface area contributed by atoms with Gasteiger partial charge in [0.2, 0.25) is 0 Å². The van der Waals surface area contributed by atoms with Crippen molar-refractivity contribution >= 4 is 44.2 Å². The summed E-state index contributed by atoms with van der Waals surface area (Å²) in [6.45, 7) is 18.8. The maximum absolute atomic E-state index is 3.89. The quantitative estimate of drug-likeness (QED) is 0.0614. The first kappa shape index (κ1) is 43.9. The molecule has 0 aliphatic carbocycles. The second-order valence-corrected chi connectivity index (χ2v) is 24.5. The highest BCUT2D eigenvalue weighted by molar-refractivity contribution is 9.39. The van der Waals surface area contributed by atoms with Crippen molar-refractivity contribution in [2.24, 2.45) is 0 Å². The van der Waals surface area contributed by atoms with Crippen molar-refractivity contribution in [2.45, 2.75) is 220 Å². The molecule has 2 atom stereocenters. The molecule has 0 aromatic rings. The smallest absolute Gasteiger partial charge is 0.00813 e. The number of halogens is 2. The summed E-state index contributed by atoms with van der Waals surface area (Å²) in [5.74, 6) is 0. The van der Waals surface area contributed by atoms with Gasteiger partial charge in [0.1, 0.15) is 0 Å². The zero-order chi connectivity index (χ0) is 30.5. The maximum atomic E-state index is 3.89. The summed E-state index contributed by atoms with van der Waals surface area (Å²) < 4.78 is 0. The normalized spacial score (nSPS) is 13.7. The average Bonchev–Trinajstić information content (AvgIpc) is 2.89. The molecule has 0 saturated heterocycles. The zero-order valence-electron chi connectivity index (χ0n) is 29.0. The van der Waals surface area contributed by atoms with Gasteiger partial charge in [-0.3, -0.25) is 0 Å². The van der Waals surface area contributed by atoms with Gasteiger partial charge in [-0.15, -0.1) is 0 Å². The van der Waals surface area contributed by atoms with Crippen molar-refractivity contribution in [3.8, 4) is 0 Å².